The first-order valence-corrected chi connectivity index (χ1v) is 5.16. The van der Waals surface area contributed by atoms with Crippen LogP contribution in [0.2, 0.25) is 0 Å². The predicted molar refractivity (Wildman–Crippen MR) is 56.8 cm³/mol. The van der Waals surface area contributed by atoms with Crippen LogP contribution in [0, 0.1) is 5.92 Å². The summed E-state index contributed by atoms with van der Waals surface area (Å²) in [6.07, 6.45) is 6.17. The number of aliphatic carboxylic acids is 1. The molecule has 5 nitrogen and oxygen atoms in total. The van der Waals surface area contributed by atoms with Crippen molar-refractivity contribution in [2.75, 3.05) is 0 Å². The van der Waals surface area contributed by atoms with Gasteiger partial charge in [-0.1, -0.05) is 0 Å². The Kier molecular flexibility index (Phi) is 1.86. The molecule has 2 aromatic heterocycles. The number of nitrogens with zero attached hydrogens (tertiary/aromatic N) is 2. The molecule has 0 aliphatic carbocycles. The lowest BCUT2D eigenvalue weighted by atomic mass is 10.1. The molecular formula is C11H11N3O2. The fourth-order valence-electron chi connectivity index (χ4n) is 2.09. The Hall–Kier alpha value is -2.04. The van der Waals surface area contributed by atoms with E-state index in [9.17, 15) is 4.79 Å². The molecule has 0 aromatic carbocycles. The van der Waals surface area contributed by atoms with Gasteiger partial charge in [-0.2, -0.15) is 0 Å². The zero-order valence-electron chi connectivity index (χ0n) is 8.55. The summed E-state index contributed by atoms with van der Waals surface area (Å²) in [6.45, 7) is 0.530. The Morgan fingerprint density at radius 2 is 2.50 bits per heavy atom. The molecule has 16 heavy (non-hydrogen) atoms. The van der Waals surface area contributed by atoms with Crippen LogP contribution in [0.25, 0.3) is 11.3 Å². The molecule has 2 N–H and O–H groups in total. The minimum Gasteiger partial charge on any atom is -0.481 e. The second-order valence-corrected chi connectivity index (χ2v) is 4.03. The Bertz CT molecular complexity index is 504. The average Bonchev–Trinajstić information content (AvgIpc) is 2.91. The third-order valence-corrected chi connectivity index (χ3v) is 2.95. The van der Waals surface area contributed by atoms with Crippen molar-refractivity contribution >= 4 is 5.97 Å². The summed E-state index contributed by atoms with van der Waals surface area (Å²) in [5, 5.41) is 8.91. The third-order valence-electron chi connectivity index (χ3n) is 2.95. The number of nitrogens with one attached hydrogen (secondary N) is 1. The number of hydrogen-bond acceptors (Lipinski definition) is 2. The predicted octanol–water partition coefficient (Wildman–Crippen LogP) is 1.14. The number of carboxylic acid groups (broad SMARTS) is 1. The van der Waals surface area contributed by atoms with E-state index in [4.69, 9.17) is 5.11 Å². The highest BCUT2D eigenvalue weighted by atomic mass is 16.4. The summed E-state index contributed by atoms with van der Waals surface area (Å²) in [4.78, 5) is 18.3. The third kappa shape index (κ3) is 1.32. The van der Waals surface area contributed by atoms with Gasteiger partial charge in [0.05, 0.1) is 11.6 Å². The van der Waals surface area contributed by atoms with Crippen LogP contribution in [0.3, 0.4) is 0 Å². The Balaban J connectivity index is 1.90. The van der Waals surface area contributed by atoms with Gasteiger partial charge < -0.3 is 14.7 Å². The largest absolute Gasteiger partial charge is 0.481 e. The van der Waals surface area contributed by atoms with Gasteiger partial charge in [-0.05, 0) is 6.07 Å². The number of carboxylic acids is 1. The summed E-state index contributed by atoms with van der Waals surface area (Å²) in [6, 6.07) is 1.95. The molecule has 0 radical (unpaired) electrons. The minimum absolute atomic E-state index is 0.317. The van der Waals surface area contributed by atoms with Crippen LogP contribution in [0.15, 0.2) is 24.7 Å². The highest BCUT2D eigenvalue weighted by Gasteiger charge is 2.28. The van der Waals surface area contributed by atoms with Crippen molar-refractivity contribution in [1.29, 1.82) is 0 Å². The number of H-pyrrole nitrogens is 1. The van der Waals surface area contributed by atoms with Gasteiger partial charge in [0.2, 0.25) is 0 Å². The normalized spacial score (nSPS) is 18.6. The van der Waals surface area contributed by atoms with Gasteiger partial charge in [0, 0.05) is 37.1 Å². The first-order valence-electron chi connectivity index (χ1n) is 5.16. The van der Waals surface area contributed by atoms with E-state index in [1.54, 1.807) is 0 Å². The first kappa shape index (κ1) is 9.21. The zero-order chi connectivity index (χ0) is 11.1. The molecule has 3 heterocycles. The van der Waals surface area contributed by atoms with Crippen molar-refractivity contribution in [2.45, 2.75) is 13.0 Å². The van der Waals surface area contributed by atoms with Gasteiger partial charge >= 0.3 is 5.97 Å². The minimum atomic E-state index is -0.742. The quantitative estimate of drug-likeness (QED) is 0.792. The Morgan fingerprint density at radius 1 is 1.62 bits per heavy atom. The van der Waals surface area contributed by atoms with Gasteiger partial charge in [0.15, 0.2) is 0 Å². The molecule has 0 fully saturated rings. The number of imidazole rings is 1. The van der Waals surface area contributed by atoms with Gasteiger partial charge in [-0.25, -0.2) is 4.98 Å². The van der Waals surface area contributed by atoms with E-state index in [1.807, 2.05) is 29.2 Å². The van der Waals surface area contributed by atoms with Crippen molar-refractivity contribution in [3.63, 3.8) is 0 Å². The number of fused-ring (bicyclic) bond motifs is 1. The number of aromatic amines is 1. The summed E-state index contributed by atoms with van der Waals surface area (Å²) in [5.74, 6) is -0.194. The molecule has 1 aliphatic heterocycles. The van der Waals surface area contributed by atoms with E-state index in [0.29, 0.717) is 13.0 Å². The van der Waals surface area contributed by atoms with E-state index in [-0.39, 0.29) is 5.92 Å². The molecule has 82 valence electrons. The zero-order valence-corrected chi connectivity index (χ0v) is 8.55. The smallest absolute Gasteiger partial charge is 0.308 e. The molecule has 1 aliphatic rings. The molecule has 0 amide bonds. The molecule has 0 bridgehead atoms. The van der Waals surface area contributed by atoms with Gasteiger partial charge in [0.25, 0.3) is 0 Å². The maximum atomic E-state index is 10.8. The second kappa shape index (κ2) is 3.23. The lowest BCUT2D eigenvalue weighted by Crippen LogP contribution is -2.14. The lowest BCUT2D eigenvalue weighted by Gasteiger charge is -2.00. The number of carbonyl (C=O) groups is 1. The molecular weight excluding hydrogens is 206 g/mol. The fraction of sp³-hybridized carbons (Fsp3) is 0.273. The van der Waals surface area contributed by atoms with E-state index in [2.05, 4.69) is 9.97 Å². The van der Waals surface area contributed by atoms with Crippen LogP contribution in [-0.2, 0) is 17.8 Å². The molecule has 0 spiro atoms. The number of rotatable bonds is 2. The maximum absolute atomic E-state index is 10.8. The Morgan fingerprint density at radius 3 is 3.12 bits per heavy atom. The highest BCUT2D eigenvalue weighted by Crippen LogP contribution is 2.25. The van der Waals surface area contributed by atoms with Gasteiger partial charge in [-0.3, -0.25) is 4.79 Å². The van der Waals surface area contributed by atoms with Crippen LogP contribution >= 0.6 is 0 Å². The van der Waals surface area contributed by atoms with E-state index in [0.717, 1.165) is 17.1 Å². The lowest BCUT2D eigenvalue weighted by molar-refractivity contribution is -0.141. The van der Waals surface area contributed by atoms with Crippen LogP contribution in [0.5, 0.6) is 0 Å². The van der Waals surface area contributed by atoms with Gasteiger partial charge in [-0.15, -0.1) is 0 Å². The van der Waals surface area contributed by atoms with E-state index in [1.165, 1.54) is 0 Å². The molecule has 1 unspecified atom stereocenters. The molecule has 1 atom stereocenters. The summed E-state index contributed by atoms with van der Waals surface area (Å²) < 4.78 is 1.93. The molecule has 5 heteroatoms. The van der Waals surface area contributed by atoms with Crippen LogP contribution in [0.1, 0.15) is 5.82 Å². The SMILES string of the molecule is O=C(O)C1Cc2nc(-c3cc[nH]c3)cn2C1. The maximum Gasteiger partial charge on any atom is 0.308 e. The Labute approximate surface area is 91.7 Å². The highest BCUT2D eigenvalue weighted by molar-refractivity contribution is 5.71. The number of hydrogen-bond donors (Lipinski definition) is 2. The summed E-state index contributed by atoms with van der Waals surface area (Å²) >= 11 is 0. The molecule has 0 saturated carbocycles. The first-order chi connectivity index (χ1) is 7.74. The molecule has 0 saturated heterocycles. The van der Waals surface area contributed by atoms with Crippen molar-refractivity contribution < 1.29 is 9.90 Å². The van der Waals surface area contributed by atoms with Crippen LogP contribution < -0.4 is 0 Å². The van der Waals surface area contributed by atoms with Crippen molar-refractivity contribution in [3.8, 4) is 11.3 Å². The second-order valence-electron chi connectivity index (χ2n) is 4.03. The number of aromatic nitrogens is 3. The molecule has 2 aromatic rings. The van der Waals surface area contributed by atoms with E-state index >= 15 is 0 Å². The topological polar surface area (TPSA) is 70.9 Å². The van der Waals surface area contributed by atoms with Crippen molar-refractivity contribution in [1.82, 2.24) is 14.5 Å². The van der Waals surface area contributed by atoms with Crippen LogP contribution in [-0.4, -0.2) is 25.6 Å². The standard InChI is InChI=1S/C11H11N3O2/c15-11(16)8-3-10-13-9(6-14(10)5-8)7-1-2-12-4-7/h1-2,4,6,8,12H,3,5H2,(H,15,16). The van der Waals surface area contributed by atoms with Gasteiger partial charge in [0.1, 0.15) is 5.82 Å². The monoisotopic (exact) mass is 217 g/mol. The molecule has 3 rings (SSSR count). The van der Waals surface area contributed by atoms with Crippen molar-refractivity contribution in [3.05, 3.63) is 30.5 Å². The van der Waals surface area contributed by atoms with Crippen LogP contribution in [0.4, 0.5) is 0 Å². The average molecular weight is 217 g/mol. The summed E-state index contributed by atoms with van der Waals surface area (Å²) in [5.41, 5.74) is 1.94. The summed E-state index contributed by atoms with van der Waals surface area (Å²) in [7, 11) is 0. The van der Waals surface area contributed by atoms with Crippen molar-refractivity contribution in [2.24, 2.45) is 5.92 Å². The fourth-order valence-corrected chi connectivity index (χ4v) is 2.09. The van der Waals surface area contributed by atoms with E-state index < -0.39 is 5.97 Å².